The van der Waals surface area contributed by atoms with Crippen molar-refractivity contribution in [2.75, 3.05) is 18.9 Å². The smallest absolute Gasteiger partial charge is 0.407 e. The van der Waals surface area contributed by atoms with Gasteiger partial charge < -0.3 is 10.1 Å². The van der Waals surface area contributed by atoms with E-state index in [4.69, 9.17) is 16.3 Å². The normalized spacial score (nSPS) is 14.2. The van der Waals surface area contributed by atoms with Crippen molar-refractivity contribution in [3.63, 3.8) is 0 Å². The highest BCUT2D eigenvalue weighted by Gasteiger charge is 2.15. The van der Waals surface area contributed by atoms with Crippen LogP contribution in [-0.2, 0) is 17.6 Å². The SMILES string of the molecule is CCOC(=O)NCCSc1c(Cl)ccc2c1CCCCC2. The van der Waals surface area contributed by atoms with E-state index in [9.17, 15) is 4.79 Å². The van der Waals surface area contributed by atoms with Crippen molar-refractivity contribution >= 4 is 29.5 Å². The average Bonchev–Trinajstić information content (AvgIpc) is 2.71. The predicted octanol–water partition coefficient (Wildman–Crippen LogP) is 4.45. The van der Waals surface area contributed by atoms with Gasteiger partial charge in [-0.15, -0.1) is 11.8 Å². The molecule has 0 fully saturated rings. The minimum Gasteiger partial charge on any atom is -0.450 e. The van der Waals surface area contributed by atoms with Crippen LogP contribution in [0, 0.1) is 0 Å². The van der Waals surface area contributed by atoms with E-state index in [-0.39, 0.29) is 6.09 Å². The number of amides is 1. The lowest BCUT2D eigenvalue weighted by Crippen LogP contribution is -2.26. The zero-order valence-electron chi connectivity index (χ0n) is 12.4. The Morgan fingerprint density at radius 3 is 2.95 bits per heavy atom. The molecule has 1 N–H and O–H groups in total. The quantitative estimate of drug-likeness (QED) is 0.493. The number of carbonyl (C=O) groups is 1. The number of hydrogen-bond donors (Lipinski definition) is 1. The Morgan fingerprint density at radius 1 is 1.33 bits per heavy atom. The van der Waals surface area contributed by atoms with Crippen molar-refractivity contribution < 1.29 is 9.53 Å². The Bertz CT molecular complexity index is 493. The topological polar surface area (TPSA) is 38.3 Å². The Balaban J connectivity index is 1.95. The maximum absolute atomic E-state index is 11.2. The number of fused-ring (bicyclic) bond motifs is 1. The number of benzene rings is 1. The number of ether oxygens (including phenoxy) is 1. The third kappa shape index (κ3) is 4.82. The molecule has 1 aliphatic rings. The number of carbonyl (C=O) groups excluding carboxylic acids is 1. The highest BCUT2D eigenvalue weighted by atomic mass is 35.5. The Hall–Kier alpha value is -0.870. The predicted molar refractivity (Wildman–Crippen MR) is 88.5 cm³/mol. The van der Waals surface area contributed by atoms with Crippen LogP contribution in [0.4, 0.5) is 4.79 Å². The molecule has 1 aromatic carbocycles. The molecule has 21 heavy (non-hydrogen) atoms. The molecule has 0 bridgehead atoms. The van der Waals surface area contributed by atoms with Crippen LogP contribution < -0.4 is 5.32 Å². The summed E-state index contributed by atoms with van der Waals surface area (Å²) < 4.78 is 4.84. The second kappa shape index (κ2) is 8.54. The van der Waals surface area contributed by atoms with Gasteiger partial charge in [-0.25, -0.2) is 4.79 Å². The number of alkyl carbamates (subject to hydrolysis) is 1. The summed E-state index contributed by atoms with van der Waals surface area (Å²) in [6.07, 6.45) is 5.72. The zero-order chi connectivity index (χ0) is 15.1. The lowest BCUT2D eigenvalue weighted by Gasteiger charge is -2.14. The van der Waals surface area contributed by atoms with Gasteiger partial charge in [0.15, 0.2) is 0 Å². The summed E-state index contributed by atoms with van der Waals surface area (Å²) in [6.45, 7) is 2.79. The summed E-state index contributed by atoms with van der Waals surface area (Å²) in [5, 5.41) is 3.57. The van der Waals surface area contributed by atoms with Crippen LogP contribution in [0.1, 0.15) is 37.3 Å². The number of halogens is 1. The maximum atomic E-state index is 11.2. The molecule has 116 valence electrons. The van der Waals surface area contributed by atoms with Gasteiger partial charge in [-0.2, -0.15) is 0 Å². The van der Waals surface area contributed by atoms with E-state index in [2.05, 4.69) is 11.4 Å². The van der Waals surface area contributed by atoms with Crippen molar-refractivity contribution in [1.29, 1.82) is 0 Å². The summed E-state index contributed by atoms with van der Waals surface area (Å²) in [5.74, 6) is 0.801. The summed E-state index contributed by atoms with van der Waals surface area (Å²) in [4.78, 5) is 12.4. The first-order valence-electron chi connectivity index (χ1n) is 7.56. The molecule has 5 heteroatoms. The molecular formula is C16H22ClNO2S. The Labute approximate surface area is 135 Å². The first-order valence-corrected chi connectivity index (χ1v) is 8.92. The van der Waals surface area contributed by atoms with E-state index >= 15 is 0 Å². The molecule has 0 saturated heterocycles. The van der Waals surface area contributed by atoms with Crippen LogP contribution in [0.25, 0.3) is 0 Å². The van der Waals surface area contributed by atoms with Gasteiger partial charge in [0, 0.05) is 17.2 Å². The standard InChI is InChI=1S/C16H22ClNO2S/c1-2-20-16(19)18-10-11-21-15-13-7-5-3-4-6-12(13)8-9-14(15)17/h8-9H,2-7,10-11H2,1H3,(H,18,19). The molecule has 1 aromatic rings. The van der Waals surface area contributed by atoms with E-state index < -0.39 is 0 Å². The van der Waals surface area contributed by atoms with Gasteiger partial charge in [-0.1, -0.05) is 24.1 Å². The van der Waals surface area contributed by atoms with Gasteiger partial charge in [0.1, 0.15) is 0 Å². The van der Waals surface area contributed by atoms with E-state index in [1.165, 1.54) is 35.3 Å². The number of thioether (sulfide) groups is 1. The number of aryl methyl sites for hydroxylation is 1. The lowest BCUT2D eigenvalue weighted by molar-refractivity contribution is 0.153. The van der Waals surface area contributed by atoms with E-state index in [1.807, 2.05) is 6.07 Å². The Kier molecular flexibility index (Phi) is 6.71. The summed E-state index contributed by atoms with van der Waals surface area (Å²) in [6, 6.07) is 4.18. The van der Waals surface area contributed by atoms with Crippen molar-refractivity contribution in [1.82, 2.24) is 5.32 Å². The van der Waals surface area contributed by atoms with Crippen LogP contribution in [0.5, 0.6) is 0 Å². The molecule has 0 heterocycles. The van der Waals surface area contributed by atoms with Gasteiger partial charge in [0.05, 0.1) is 11.6 Å². The molecule has 1 amide bonds. The van der Waals surface area contributed by atoms with E-state index in [1.54, 1.807) is 18.7 Å². The summed E-state index contributed by atoms with van der Waals surface area (Å²) in [5.41, 5.74) is 2.86. The van der Waals surface area contributed by atoms with Crippen LogP contribution in [0.3, 0.4) is 0 Å². The monoisotopic (exact) mass is 327 g/mol. The maximum Gasteiger partial charge on any atom is 0.407 e. The first kappa shape index (κ1) is 16.5. The van der Waals surface area contributed by atoms with Crippen molar-refractivity contribution in [3.05, 3.63) is 28.3 Å². The molecule has 0 radical (unpaired) electrons. The largest absolute Gasteiger partial charge is 0.450 e. The highest BCUT2D eigenvalue weighted by molar-refractivity contribution is 7.99. The third-order valence-corrected chi connectivity index (χ3v) is 5.17. The average molecular weight is 328 g/mol. The molecule has 0 spiro atoms. The second-order valence-electron chi connectivity index (χ2n) is 5.07. The zero-order valence-corrected chi connectivity index (χ0v) is 14.0. The third-order valence-electron chi connectivity index (χ3n) is 3.58. The van der Waals surface area contributed by atoms with Crippen LogP contribution in [0.15, 0.2) is 17.0 Å². The molecule has 0 unspecified atom stereocenters. The van der Waals surface area contributed by atoms with Gasteiger partial charge in [-0.05, 0) is 49.8 Å². The number of hydrogen-bond acceptors (Lipinski definition) is 3. The summed E-state index contributed by atoms with van der Waals surface area (Å²) >= 11 is 8.10. The molecule has 0 aliphatic heterocycles. The molecule has 2 rings (SSSR count). The molecule has 0 atom stereocenters. The van der Waals surface area contributed by atoms with Gasteiger partial charge >= 0.3 is 6.09 Å². The summed E-state index contributed by atoms with van der Waals surface area (Å²) in [7, 11) is 0. The fourth-order valence-electron chi connectivity index (χ4n) is 2.59. The molecular weight excluding hydrogens is 306 g/mol. The highest BCUT2D eigenvalue weighted by Crippen LogP contribution is 2.35. The van der Waals surface area contributed by atoms with E-state index in [0.717, 1.165) is 23.6 Å². The molecule has 1 aliphatic carbocycles. The fourth-order valence-corrected chi connectivity index (χ4v) is 3.95. The molecule has 0 saturated carbocycles. The van der Waals surface area contributed by atoms with Crippen LogP contribution in [0.2, 0.25) is 5.02 Å². The first-order chi connectivity index (χ1) is 10.2. The Morgan fingerprint density at radius 2 is 2.14 bits per heavy atom. The minimum absolute atomic E-state index is 0.351. The van der Waals surface area contributed by atoms with Crippen LogP contribution in [-0.4, -0.2) is 25.0 Å². The van der Waals surface area contributed by atoms with Gasteiger partial charge in [0.25, 0.3) is 0 Å². The van der Waals surface area contributed by atoms with E-state index in [0.29, 0.717) is 13.2 Å². The number of rotatable bonds is 5. The van der Waals surface area contributed by atoms with Crippen molar-refractivity contribution in [3.8, 4) is 0 Å². The van der Waals surface area contributed by atoms with Crippen molar-refractivity contribution in [2.24, 2.45) is 0 Å². The van der Waals surface area contributed by atoms with Crippen molar-refractivity contribution in [2.45, 2.75) is 43.9 Å². The molecule has 3 nitrogen and oxygen atoms in total. The lowest BCUT2D eigenvalue weighted by atomic mass is 10.0. The minimum atomic E-state index is -0.351. The fraction of sp³-hybridized carbons (Fsp3) is 0.562. The number of nitrogens with one attached hydrogen (secondary N) is 1. The van der Waals surface area contributed by atoms with Gasteiger partial charge in [0.2, 0.25) is 0 Å². The van der Waals surface area contributed by atoms with Crippen LogP contribution >= 0.6 is 23.4 Å². The second-order valence-corrected chi connectivity index (χ2v) is 6.58. The molecule has 0 aromatic heterocycles. The van der Waals surface area contributed by atoms with Gasteiger partial charge in [-0.3, -0.25) is 0 Å².